The van der Waals surface area contributed by atoms with Crippen LogP contribution in [0.2, 0.25) is 0 Å². The van der Waals surface area contributed by atoms with E-state index in [9.17, 15) is 4.55 Å². The van der Waals surface area contributed by atoms with Crippen LogP contribution in [0.4, 0.5) is 0 Å². The number of rotatable bonds is 11. The second-order valence-corrected chi connectivity index (χ2v) is 7.77. The van der Waals surface area contributed by atoms with E-state index < -0.39 is 11.4 Å². The molecule has 5 heteroatoms. The highest BCUT2D eigenvalue weighted by Gasteiger charge is 2.25. The van der Waals surface area contributed by atoms with Crippen LogP contribution in [0.3, 0.4) is 0 Å². The van der Waals surface area contributed by atoms with Gasteiger partial charge in [0.1, 0.15) is 28.1 Å². The van der Waals surface area contributed by atoms with Crippen LogP contribution >= 0.6 is 0 Å². The third kappa shape index (κ3) is 11.8. The molecule has 0 aromatic carbocycles. The fraction of sp³-hybridized carbons (Fsp3) is 0.812. The molecule has 0 aliphatic rings. The second kappa shape index (κ2) is 12.1. The van der Waals surface area contributed by atoms with Crippen LogP contribution in [0.25, 0.3) is 0 Å². The Morgan fingerprint density at radius 2 is 1.76 bits per heavy atom. The van der Waals surface area contributed by atoms with E-state index in [2.05, 4.69) is 18.2 Å². The van der Waals surface area contributed by atoms with Crippen LogP contribution in [0.5, 0.6) is 0 Å². The first-order valence-corrected chi connectivity index (χ1v) is 8.89. The van der Waals surface area contributed by atoms with Crippen molar-refractivity contribution in [2.75, 3.05) is 19.8 Å². The van der Waals surface area contributed by atoms with E-state index in [-0.39, 0.29) is 4.75 Å². The van der Waals surface area contributed by atoms with Crippen molar-refractivity contribution in [3.8, 4) is 0 Å². The van der Waals surface area contributed by atoms with Gasteiger partial charge >= 0.3 is 0 Å². The highest BCUT2D eigenvalue weighted by atomic mass is 32.2. The first-order chi connectivity index (χ1) is 9.91. The minimum absolute atomic E-state index is 0.358. The Hall–Kier alpha value is -0.520. The Morgan fingerprint density at radius 1 is 1.14 bits per heavy atom. The molecule has 21 heavy (non-hydrogen) atoms. The van der Waals surface area contributed by atoms with Gasteiger partial charge in [-0.15, -0.1) is 0 Å². The van der Waals surface area contributed by atoms with Crippen LogP contribution in [0, 0.1) is 0 Å². The predicted octanol–water partition coefficient (Wildman–Crippen LogP) is 4.04. The van der Waals surface area contributed by atoms with Gasteiger partial charge in [0.15, 0.2) is 0 Å². The van der Waals surface area contributed by atoms with Crippen molar-refractivity contribution in [1.29, 1.82) is 0 Å². The SMILES string of the molecule is CCCCOC/C=C(/C=N[S+]([O-])C(C)(C)C)OCCCC. The van der Waals surface area contributed by atoms with Gasteiger partial charge in [0.2, 0.25) is 0 Å². The summed E-state index contributed by atoms with van der Waals surface area (Å²) in [6.45, 7) is 11.8. The van der Waals surface area contributed by atoms with Crippen LogP contribution in [0.15, 0.2) is 16.2 Å². The normalized spacial score (nSPS) is 14.7. The molecule has 0 saturated carbocycles. The van der Waals surface area contributed by atoms with Gasteiger partial charge in [-0.3, -0.25) is 0 Å². The molecule has 0 heterocycles. The summed E-state index contributed by atoms with van der Waals surface area (Å²) in [5, 5.41) is 0. The summed E-state index contributed by atoms with van der Waals surface area (Å²) in [7, 11) is 0. The number of hydrogen-bond acceptors (Lipinski definition) is 4. The van der Waals surface area contributed by atoms with Gasteiger partial charge in [0.05, 0.1) is 13.2 Å². The molecule has 0 aromatic rings. The van der Waals surface area contributed by atoms with Gasteiger partial charge in [0.25, 0.3) is 0 Å². The monoisotopic (exact) mass is 317 g/mol. The molecule has 0 aromatic heterocycles. The average Bonchev–Trinajstić information content (AvgIpc) is 2.42. The molecule has 0 radical (unpaired) electrons. The number of ether oxygens (including phenoxy) is 2. The number of unbranched alkanes of at least 4 members (excludes halogenated alkanes) is 2. The van der Waals surface area contributed by atoms with Gasteiger partial charge in [-0.05, 0) is 39.7 Å². The van der Waals surface area contributed by atoms with E-state index in [1.165, 1.54) is 0 Å². The van der Waals surface area contributed by atoms with Crippen LogP contribution in [0.1, 0.15) is 60.3 Å². The molecule has 124 valence electrons. The lowest BCUT2D eigenvalue weighted by molar-refractivity contribution is 0.153. The van der Waals surface area contributed by atoms with Crippen molar-refractivity contribution in [2.45, 2.75) is 65.0 Å². The second-order valence-electron chi connectivity index (χ2n) is 5.83. The highest BCUT2D eigenvalue weighted by Crippen LogP contribution is 2.16. The summed E-state index contributed by atoms with van der Waals surface area (Å²) in [6.07, 6.45) is 7.65. The first kappa shape index (κ1) is 20.5. The van der Waals surface area contributed by atoms with Gasteiger partial charge in [-0.2, -0.15) is 0 Å². The smallest absolute Gasteiger partial charge is 0.144 e. The molecule has 0 bridgehead atoms. The Bertz CT molecular complexity index is 311. The Labute approximate surface area is 133 Å². The maximum absolute atomic E-state index is 11.9. The van der Waals surface area contributed by atoms with Crippen molar-refractivity contribution in [2.24, 2.45) is 4.40 Å². The van der Waals surface area contributed by atoms with Crippen molar-refractivity contribution in [1.82, 2.24) is 0 Å². The molecule has 0 spiro atoms. The minimum Gasteiger partial charge on any atom is -0.591 e. The quantitative estimate of drug-likeness (QED) is 0.250. The maximum Gasteiger partial charge on any atom is 0.144 e. The molecule has 4 nitrogen and oxygen atoms in total. The van der Waals surface area contributed by atoms with Gasteiger partial charge in [0, 0.05) is 6.61 Å². The molecule has 0 amide bonds. The summed E-state index contributed by atoms with van der Waals surface area (Å²) in [4.78, 5) is 0. The zero-order chi connectivity index (χ0) is 16.1. The van der Waals surface area contributed by atoms with E-state index in [4.69, 9.17) is 9.47 Å². The van der Waals surface area contributed by atoms with E-state index in [0.29, 0.717) is 19.0 Å². The summed E-state index contributed by atoms with van der Waals surface area (Å²) in [5.74, 6) is 0.637. The molecule has 0 fully saturated rings. The van der Waals surface area contributed by atoms with E-state index in [1.54, 1.807) is 6.21 Å². The lowest BCUT2D eigenvalue weighted by atomic mass is 10.3. The molecule has 0 saturated heterocycles. The summed E-state index contributed by atoms with van der Waals surface area (Å²) >= 11 is -1.27. The summed E-state index contributed by atoms with van der Waals surface area (Å²) in [5.41, 5.74) is 0. The predicted molar refractivity (Wildman–Crippen MR) is 91.1 cm³/mol. The topological polar surface area (TPSA) is 53.9 Å². The average molecular weight is 317 g/mol. The third-order valence-corrected chi connectivity index (χ3v) is 3.96. The largest absolute Gasteiger partial charge is 0.591 e. The van der Waals surface area contributed by atoms with Crippen molar-refractivity contribution >= 4 is 17.6 Å². The molecular formula is C16H31NO3S. The molecule has 0 N–H and O–H groups in total. The molecule has 0 rings (SSSR count). The summed E-state index contributed by atoms with van der Waals surface area (Å²) < 4.78 is 26.8. The zero-order valence-electron chi connectivity index (χ0n) is 14.2. The molecule has 0 aliphatic carbocycles. The molecule has 1 unspecified atom stereocenters. The number of nitrogens with zero attached hydrogens (tertiary/aromatic N) is 1. The minimum atomic E-state index is -1.27. The van der Waals surface area contributed by atoms with Crippen LogP contribution < -0.4 is 0 Å². The van der Waals surface area contributed by atoms with Crippen molar-refractivity contribution in [3.05, 3.63) is 11.8 Å². The Balaban J connectivity index is 4.43. The lowest BCUT2D eigenvalue weighted by Gasteiger charge is -2.18. The number of allylic oxidation sites excluding steroid dienone is 1. The fourth-order valence-electron chi connectivity index (χ4n) is 1.21. The lowest BCUT2D eigenvalue weighted by Crippen LogP contribution is -2.26. The van der Waals surface area contributed by atoms with Crippen molar-refractivity contribution < 1.29 is 14.0 Å². The van der Waals surface area contributed by atoms with Gasteiger partial charge in [-0.1, -0.05) is 31.1 Å². The maximum atomic E-state index is 11.9. The first-order valence-electron chi connectivity index (χ1n) is 7.78. The molecular weight excluding hydrogens is 286 g/mol. The zero-order valence-corrected chi connectivity index (χ0v) is 15.0. The van der Waals surface area contributed by atoms with E-state index in [0.717, 1.165) is 32.3 Å². The van der Waals surface area contributed by atoms with Crippen molar-refractivity contribution in [3.63, 3.8) is 0 Å². The highest BCUT2D eigenvalue weighted by molar-refractivity contribution is 7.91. The summed E-state index contributed by atoms with van der Waals surface area (Å²) in [6, 6.07) is 0. The van der Waals surface area contributed by atoms with E-state index >= 15 is 0 Å². The fourth-order valence-corrected chi connectivity index (χ4v) is 1.73. The van der Waals surface area contributed by atoms with E-state index in [1.807, 2.05) is 26.8 Å². The standard InChI is InChI=1S/C16H31NO3S/c1-6-8-11-19-13-10-15(20-12-9-7-2)14-17-21(18)16(3,4)5/h10,14H,6-9,11-13H2,1-5H3/b15-10-,17-14?. The van der Waals surface area contributed by atoms with Gasteiger partial charge < -0.3 is 14.0 Å². The molecule has 0 aliphatic heterocycles. The Morgan fingerprint density at radius 3 is 2.33 bits per heavy atom. The molecule has 1 atom stereocenters. The Kier molecular flexibility index (Phi) is 11.8. The van der Waals surface area contributed by atoms with Crippen LogP contribution in [-0.4, -0.2) is 35.3 Å². The van der Waals surface area contributed by atoms with Gasteiger partial charge in [-0.25, -0.2) is 0 Å². The number of hydrogen-bond donors (Lipinski definition) is 0. The third-order valence-electron chi connectivity index (χ3n) is 2.61. The van der Waals surface area contributed by atoms with Crippen LogP contribution in [-0.2, 0) is 20.8 Å².